The second-order valence-corrected chi connectivity index (χ2v) is 6.64. The van der Waals surface area contributed by atoms with Crippen molar-refractivity contribution >= 4 is 11.8 Å². The number of hydrogen-bond acceptors (Lipinski definition) is 2. The van der Waals surface area contributed by atoms with Crippen LogP contribution in [0.5, 0.6) is 0 Å². The molecule has 1 aliphatic rings. The highest BCUT2D eigenvalue weighted by atomic mass is 32.2. The number of thioether (sulfide) groups is 1. The smallest absolute Gasteiger partial charge is 0.126 e. The average molecular weight is 285 g/mol. The highest BCUT2D eigenvalue weighted by Gasteiger charge is 2.28. The fourth-order valence-electron chi connectivity index (χ4n) is 2.77. The van der Waals surface area contributed by atoms with Gasteiger partial charge in [0.05, 0.1) is 0 Å². The van der Waals surface area contributed by atoms with Crippen LogP contribution in [0.2, 0.25) is 0 Å². The molecule has 0 amide bonds. The zero-order valence-corrected chi connectivity index (χ0v) is 12.3. The van der Waals surface area contributed by atoms with Gasteiger partial charge in [-0.2, -0.15) is 11.8 Å². The van der Waals surface area contributed by atoms with E-state index in [1.54, 1.807) is 0 Å². The van der Waals surface area contributed by atoms with Crippen molar-refractivity contribution in [1.29, 1.82) is 0 Å². The molecule has 0 aliphatic heterocycles. The molecule has 1 aromatic carbocycles. The van der Waals surface area contributed by atoms with E-state index in [4.69, 9.17) is 0 Å². The second kappa shape index (κ2) is 6.71. The SMILES string of the molecule is CCSC1CCCC1NC(C)c1cc(F)cc(F)c1. The van der Waals surface area contributed by atoms with Gasteiger partial charge in [0.2, 0.25) is 0 Å². The summed E-state index contributed by atoms with van der Waals surface area (Å²) in [7, 11) is 0. The highest BCUT2D eigenvalue weighted by Crippen LogP contribution is 2.31. The molecule has 1 aliphatic carbocycles. The minimum atomic E-state index is -0.505. The van der Waals surface area contributed by atoms with Crippen molar-refractivity contribution in [3.63, 3.8) is 0 Å². The van der Waals surface area contributed by atoms with E-state index in [2.05, 4.69) is 12.2 Å². The number of rotatable bonds is 5. The van der Waals surface area contributed by atoms with Gasteiger partial charge in [0.1, 0.15) is 11.6 Å². The van der Waals surface area contributed by atoms with Gasteiger partial charge in [0.15, 0.2) is 0 Å². The van der Waals surface area contributed by atoms with E-state index in [1.807, 2.05) is 18.7 Å². The largest absolute Gasteiger partial charge is 0.306 e. The van der Waals surface area contributed by atoms with Gasteiger partial charge in [0, 0.05) is 23.4 Å². The first kappa shape index (κ1) is 14.8. The molecule has 1 fully saturated rings. The summed E-state index contributed by atoms with van der Waals surface area (Å²) in [6.45, 7) is 4.14. The molecule has 106 valence electrons. The lowest BCUT2D eigenvalue weighted by atomic mass is 10.1. The van der Waals surface area contributed by atoms with Crippen molar-refractivity contribution in [2.45, 2.75) is 50.4 Å². The Kier molecular flexibility index (Phi) is 5.22. The molecule has 1 nitrogen and oxygen atoms in total. The molecule has 19 heavy (non-hydrogen) atoms. The van der Waals surface area contributed by atoms with Gasteiger partial charge in [-0.05, 0) is 43.2 Å². The van der Waals surface area contributed by atoms with Gasteiger partial charge in [0.25, 0.3) is 0 Å². The number of hydrogen-bond donors (Lipinski definition) is 1. The number of benzene rings is 1. The Morgan fingerprint density at radius 3 is 2.58 bits per heavy atom. The summed E-state index contributed by atoms with van der Waals surface area (Å²) >= 11 is 1.98. The number of halogens is 2. The maximum atomic E-state index is 13.2. The molecule has 3 unspecified atom stereocenters. The van der Waals surface area contributed by atoms with Crippen LogP contribution in [0.4, 0.5) is 8.78 Å². The zero-order chi connectivity index (χ0) is 13.8. The van der Waals surface area contributed by atoms with Crippen LogP contribution >= 0.6 is 11.8 Å². The lowest BCUT2D eigenvalue weighted by Gasteiger charge is -2.25. The summed E-state index contributed by atoms with van der Waals surface area (Å²) < 4.78 is 26.5. The quantitative estimate of drug-likeness (QED) is 0.866. The van der Waals surface area contributed by atoms with Crippen LogP contribution < -0.4 is 5.32 Å². The lowest BCUT2D eigenvalue weighted by Crippen LogP contribution is -2.36. The maximum Gasteiger partial charge on any atom is 0.126 e. The van der Waals surface area contributed by atoms with E-state index in [-0.39, 0.29) is 6.04 Å². The molecule has 4 heteroatoms. The van der Waals surface area contributed by atoms with Crippen LogP contribution in [0.25, 0.3) is 0 Å². The van der Waals surface area contributed by atoms with Crippen LogP contribution in [0.1, 0.15) is 44.7 Å². The fourth-order valence-corrected chi connectivity index (χ4v) is 3.98. The Morgan fingerprint density at radius 1 is 1.26 bits per heavy atom. The zero-order valence-electron chi connectivity index (χ0n) is 11.5. The van der Waals surface area contributed by atoms with Crippen molar-refractivity contribution in [3.05, 3.63) is 35.4 Å². The highest BCUT2D eigenvalue weighted by molar-refractivity contribution is 7.99. The van der Waals surface area contributed by atoms with Crippen molar-refractivity contribution in [2.24, 2.45) is 0 Å². The van der Waals surface area contributed by atoms with Gasteiger partial charge in [-0.1, -0.05) is 13.3 Å². The molecule has 0 aromatic heterocycles. The van der Waals surface area contributed by atoms with Gasteiger partial charge >= 0.3 is 0 Å². The molecule has 1 saturated carbocycles. The van der Waals surface area contributed by atoms with E-state index in [9.17, 15) is 8.78 Å². The topological polar surface area (TPSA) is 12.0 Å². The minimum absolute atomic E-state index is 0.0201. The van der Waals surface area contributed by atoms with Crippen LogP contribution in [0, 0.1) is 11.6 Å². The molecular formula is C15H21F2NS. The van der Waals surface area contributed by atoms with Gasteiger partial charge in [-0.3, -0.25) is 0 Å². The molecule has 0 spiro atoms. The standard InChI is InChI=1S/C15H21F2NS/c1-3-19-15-6-4-5-14(15)18-10(2)11-7-12(16)9-13(17)8-11/h7-10,14-15,18H,3-6H2,1-2H3. The predicted octanol–water partition coefficient (Wildman–Crippen LogP) is 4.29. The molecule has 0 saturated heterocycles. The monoisotopic (exact) mass is 285 g/mol. The van der Waals surface area contributed by atoms with Crippen molar-refractivity contribution < 1.29 is 8.78 Å². The molecule has 1 N–H and O–H groups in total. The predicted molar refractivity (Wildman–Crippen MR) is 77.5 cm³/mol. The van der Waals surface area contributed by atoms with Crippen LogP contribution in [-0.2, 0) is 0 Å². The van der Waals surface area contributed by atoms with Crippen LogP contribution in [0.15, 0.2) is 18.2 Å². The maximum absolute atomic E-state index is 13.2. The van der Waals surface area contributed by atoms with Crippen LogP contribution in [-0.4, -0.2) is 17.0 Å². The third kappa shape index (κ3) is 3.93. The third-order valence-corrected chi connectivity index (χ3v) is 5.01. The van der Waals surface area contributed by atoms with Gasteiger partial charge < -0.3 is 5.32 Å². The minimum Gasteiger partial charge on any atom is -0.306 e. The fraction of sp³-hybridized carbons (Fsp3) is 0.600. The van der Waals surface area contributed by atoms with E-state index >= 15 is 0 Å². The average Bonchev–Trinajstić information content (AvgIpc) is 2.76. The van der Waals surface area contributed by atoms with E-state index in [0.29, 0.717) is 16.9 Å². The van der Waals surface area contributed by atoms with E-state index < -0.39 is 11.6 Å². The molecular weight excluding hydrogens is 264 g/mol. The summed E-state index contributed by atoms with van der Waals surface area (Å²) in [4.78, 5) is 0. The summed E-state index contributed by atoms with van der Waals surface area (Å²) in [6.07, 6.45) is 3.62. The summed E-state index contributed by atoms with van der Waals surface area (Å²) in [5.74, 6) is 0.107. The van der Waals surface area contributed by atoms with Crippen molar-refractivity contribution in [2.75, 3.05) is 5.75 Å². The summed E-state index contributed by atoms with van der Waals surface area (Å²) in [5, 5.41) is 4.16. The Balaban J connectivity index is 2.01. The molecule has 2 rings (SSSR count). The number of nitrogens with one attached hydrogen (secondary N) is 1. The lowest BCUT2D eigenvalue weighted by molar-refractivity contribution is 0.462. The Labute approximate surface area is 118 Å². The first-order chi connectivity index (χ1) is 9.10. The normalized spacial score (nSPS) is 24.6. The molecule has 0 bridgehead atoms. The molecule has 3 atom stereocenters. The van der Waals surface area contributed by atoms with Crippen molar-refractivity contribution in [1.82, 2.24) is 5.32 Å². The van der Waals surface area contributed by atoms with Gasteiger partial charge in [-0.15, -0.1) is 0 Å². The molecule has 0 heterocycles. The van der Waals surface area contributed by atoms with Crippen LogP contribution in [0.3, 0.4) is 0 Å². The Hall–Kier alpha value is -0.610. The Bertz CT molecular complexity index is 404. The Morgan fingerprint density at radius 2 is 1.95 bits per heavy atom. The van der Waals surface area contributed by atoms with Gasteiger partial charge in [-0.25, -0.2) is 8.78 Å². The first-order valence-corrected chi connectivity index (χ1v) is 7.98. The first-order valence-electron chi connectivity index (χ1n) is 6.93. The van der Waals surface area contributed by atoms with Crippen molar-refractivity contribution in [3.8, 4) is 0 Å². The van der Waals surface area contributed by atoms with E-state index in [1.165, 1.54) is 25.0 Å². The summed E-state index contributed by atoms with van der Waals surface area (Å²) in [6, 6.07) is 4.18. The third-order valence-electron chi connectivity index (χ3n) is 3.68. The molecule has 1 aromatic rings. The summed E-state index contributed by atoms with van der Waals surface area (Å²) in [5.41, 5.74) is 0.685. The second-order valence-electron chi connectivity index (χ2n) is 5.12. The molecule has 0 radical (unpaired) electrons. The van der Waals surface area contributed by atoms with E-state index in [0.717, 1.165) is 18.2 Å².